The summed E-state index contributed by atoms with van der Waals surface area (Å²) in [5, 5.41) is 0.227. The monoisotopic (exact) mass is 354 g/mol. The van der Waals surface area contributed by atoms with Crippen molar-refractivity contribution in [3.63, 3.8) is 0 Å². The summed E-state index contributed by atoms with van der Waals surface area (Å²) in [6.45, 7) is 0. The largest absolute Gasteiger partial charge is 0.205 e. The lowest BCUT2D eigenvalue weighted by Gasteiger charge is -2.37. The maximum atomic E-state index is 13.7. The molecule has 2 aliphatic carbocycles. The molecule has 0 atom stereocenters. The Kier molecular flexibility index (Phi) is 6.04. The van der Waals surface area contributed by atoms with Crippen molar-refractivity contribution in [3.8, 4) is 0 Å². The summed E-state index contributed by atoms with van der Waals surface area (Å²) >= 11 is 11.5. The molecule has 0 unspecified atom stereocenters. The minimum Gasteiger partial charge on any atom is -0.205 e. The third kappa shape index (κ3) is 4.31. The van der Waals surface area contributed by atoms with E-state index in [0.717, 1.165) is 17.4 Å². The van der Waals surface area contributed by atoms with Crippen LogP contribution >= 0.6 is 23.2 Å². The second-order valence-electron chi connectivity index (χ2n) is 7.28. The second-order valence-corrected chi connectivity index (χ2v) is 7.94. The van der Waals surface area contributed by atoms with E-state index in [4.69, 9.17) is 23.2 Å². The van der Waals surface area contributed by atoms with Gasteiger partial charge in [-0.2, -0.15) is 0 Å². The van der Waals surface area contributed by atoms with Crippen LogP contribution in [0, 0.1) is 23.6 Å². The molecule has 0 bridgehead atoms. The van der Waals surface area contributed by atoms with Gasteiger partial charge in [-0.05, 0) is 92.7 Å². The lowest BCUT2D eigenvalue weighted by atomic mass is 9.68. The molecule has 3 heteroatoms. The van der Waals surface area contributed by atoms with E-state index in [1.807, 2.05) is 6.07 Å². The first-order valence-corrected chi connectivity index (χ1v) is 9.70. The summed E-state index contributed by atoms with van der Waals surface area (Å²) in [7, 11) is 0. The number of rotatable bonds is 3. The van der Waals surface area contributed by atoms with Gasteiger partial charge < -0.3 is 0 Å². The Morgan fingerprint density at radius 1 is 0.913 bits per heavy atom. The van der Waals surface area contributed by atoms with Crippen LogP contribution in [0.1, 0.15) is 62.8 Å². The van der Waals surface area contributed by atoms with E-state index in [-0.39, 0.29) is 10.8 Å². The van der Waals surface area contributed by atoms with Crippen LogP contribution in [0.2, 0.25) is 5.02 Å². The first-order valence-electron chi connectivity index (χ1n) is 8.89. The van der Waals surface area contributed by atoms with Gasteiger partial charge in [-0.15, -0.1) is 0 Å². The maximum Gasteiger partial charge on any atom is 0.142 e. The van der Waals surface area contributed by atoms with Crippen LogP contribution in [-0.4, -0.2) is 0 Å². The summed E-state index contributed by atoms with van der Waals surface area (Å²) < 4.78 is 13.7. The molecule has 23 heavy (non-hydrogen) atoms. The lowest BCUT2D eigenvalue weighted by Crippen LogP contribution is -2.25. The Morgan fingerprint density at radius 3 is 2.09 bits per heavy atom. The summed E-state index contributed by atoms with van der Waals surface area (Å²) in [6, 6.07) is 5.33. The number of benzene rings is 1. The molecule has 0 N–H and O–H groups in total. The minimum absolute atomic E-state index is 0.227. The molecule has 0 aromatic heterocycles. The van der Waals surface area contributed by atoms with Crippen molar-refractivity contribution in [1.82, 2.24) is 0 Å². The Morgan fingerprint density at radius 2 is 1.52 bits per heavy atom. The van der Waals surface area contributed by atoms with Gasteiger partial charge in [0.25, 0.3) is 0 Å². The Balaban J connectivity index is 1.51. The number of halogens is 3. The fraction of sp³-hybridized carbons (Fsp3) is 0.600. The molecule has 1 aromatic carbocycles. The zero-order chi connectivity index (χ0) is 16.2. The third-order valence-corrected chi connectivity index (χ3v) is 6.47. The van der Waals surface area contributed by atoms with Gasteiger partial charge in [-0.25, -0.2) is 4.39 Å². The quantitative estimate of drug-likeness (QED) is 0.533. The van der Waals surface area contributed by atoms with Crippen molar-refractivity contribution in [3.05, 3.63) is 46.2 Å². The molecule has 2 aliphatic rings. The van der Waals surface area contributed by atoms with Crippen molar-refractivity contribution >= 4 is 23.2 Å². The summed E-state index contributed by atoms with van der Waals surface area (Å²) in [5.74, 6) is 2.67. The molecule has 2 fully saturated rings. The van der Waals surface area contributed by atoms with Crippen LogP contribution in [0.3, 0.4) is 0 Å². The number of hydrogen-bond acceptors (Lipinski definition) is 0. The van der Waals surface area contributed by atoms with Gasteiger partial charge in [0, 0.05) is 5.54 Å². The molecule has 0 heterocycles. The SMILES string of the molecule is Fc1cc(C2CCC(C3CCC(/C=C/Cl)CC3)CC2)ccc1Cl. The van der Waals surface area contributed by atoms with Crippen LogP contribution < -0.4 is 0 Å². The second kappa shape index (κ2) is 8.03. The molecule has 126 valence electrons. The van der Waals surface area contributed by atoms with E-state index in [2.05, 4.69) is 6.08 Å². The fourth-order valence-electron chi connectivity index (χ4n) is 4.60. The molecule has 0 aliphatic heterocycles. The average molecular weight is 355 g/mol. The van der Waals surface area contributed by atoms with E-state index in [0.29, 0.717) is 11.8 Å². The van der Waals surface area contributed by atoms with E-state index < -0.39 is 0 Å². The maximum absolute atomic E-state index is 13.7. The summed E-state index contributed by atoms with van der Waals surface area (Å²) in [6.07, 6.45) is 12.4. The van der Waals surface area contributed by atoms with Gasteiger partial charge >= 0.3 is 0 Å². The van der Waals surface area contributed by atoms with E-state index >= 15 is 0 Å². The van der Waals surface area contributed by atoms with Crippen molar-refractivity contribution in [2.75, 3.05) is 0 Å². The van der Waals surface area contributed by atoms with Gasteiger partial charge in [0.2, 0.25) is 0 Å². The zero-order valence-electron chi connectivity index (χ0n) is 13.5. The molecular weight excluding hydrogens is 330 g/mol. The average Bonchev–Trinajstić information content (AvgIpc) is 2.59. The number of hydrogen-bond donors (Lipinski definition) is 0. The number of allylic oxidation sites excluding steroid dienone is 1. The van der Waals surface area contributed by atoms with Crippen molar-refractivity contribution < 1.29 is 4.39 Å². The molecule has 3 rings (SSSR count). The highest BCUT2D eigenvalue weighted by Gasteiger charge is 2.30. The smallest absolute Gasteiger partial charge is 0.142 e. The Hall–Kier alpha value is -0.530. The summed E-state index contributed by atoms with van der Waals surface area (Å²) in [5.41, 5.74) is 2.81. The van der Waals surface area contributed by atoms with Gasteiger partial charge in [-0.3, -0.25) is 0 Å². The van der Waals surface area contributed by atoms with Crippen molar-refractivity contribution in [2.45, 2.75) is 57.3 Å². The highest BCUT2D eigenvalue weighted by Crippen LogP contribution is 2.44. The predicted octanol–water partition coefficient (Wildman–Crippen LogP) is 7.31. The third-order valence-electron chi connectivity index (χ3n) is 6.01. The molecule has 0 radical (unpaired) electrons. The van der Waals surface area contributed by atoms with E-state index in [9.17, 15) is 4.39 Å². The van der Waals surface area contributed by atoms with Crippen LogP contribution in [-0.2, 0) is 0 Å². The Labute approximate surface area is 149 Å². The van der Waals surface area contributed by atoms with Gasteiger partial charge in [0.05, 0.1) is 5.02 Å². The molecule has 2 saturated carbocycles. The molecular formula is C20H25Cl2F. The highest BCUT2D eigenvalue weighted by molar-refractivity contribution is 6.30. The highest BCUT2D eigenvalue weighted by atomic mass is 35.5. The van der Waals surface area contributed by atoms with Gasteiger partial charge in [-0.1, -0.05) is 35.3 Å². The molecule has 0 saturated heterocycles. The standard InChI is InChI=1S/C20H25Cl2F/c21-12-11-14-1-3-15(4-2-14)16-5-7-17(8-6-16)18-9-10-19(22)20(23)13-18/h9-17H,1-8H2/b12-11+. The van der Waals surface area contributed by atoms with Gasteiger partial charge in [0.15, 0.2) is 0 Å². The van der Waals surface area contributed by atoms with Crippen LogP contribution in [0.25, 0.3) is 0 Å². The fourth-order valence-corrected chi connectivity index (χ4v) is 4.93. The first kappa shape index (κ1) is 17.3. The minimum atomic E-state index is -0.281. The summed E-state index contributed by atoms with van der Waals surface area (Å²) in [4.78, 5) is 0. The zero-order valence-corrected chi connectivity index (χ0v) is 15.0. The topological polar surface area (TPSA) is 0 Å². The normalized spacial score (nSPS) is 32.3. The van der Waals surface area contributed by atoms with Crippen LogP contribution in [0.5, 0.6) is 0 Å². The van der Waals surface area contributed by atoms with Crippen molar-refractivity contribution in [2.24, 2.45) is 17.8 Å². The van der Waals surface area contributed by atoms with E-state index in [1.54, 1.807) is 17.7 Å². The molecule has 1 aromatic rings. The van der Waals surface area contributed by atoms with Crippen LogP contribution in [0.15, 0.2) is 29.8 Å². The molecule has 0 amide bonds. The van der Waals surface area contributed by atoms with E-state index in [1.165, 1.54) is 51.4 Å². The molecule has 0 nitrogen and oxygen atoms in total. The van der Waals surface area contributed by atoms with Crippen LogP contribution in [0.4, 0.5) is 4.39 Å². The molecule has 0 spiro atoms. The predicted molar refractivity (Wildman–Crippen MR) is 96.6 cm³/mol. The lowest BCUT2D eigenvalue weighted by molar-refractivity contribution is 0.171. The van der Waals surface area contributed by atoms with Gasteiger partial charge in [0.1, 0.15) is 5.82 Å². The van der Waals surface area contributed by atoms with Crippen molar-refractivity contribution in [1.29, 1.82) is 0 Å². The Bertz CT molecular complexity index is 539. The first-order chi connectivity index (χ1) is 11.2.